The van der Waals surface area contributed by atoms with Crippen molar-refractivity contribution in [3.8, 4) is 11.5 Å². The summed E-state index contributed by atoms with van der Waals surface area (Å²) >= 11 is 0. The molecule has 2 N–H and O–H groups in total. The molecule has 0 heterocycles. The predicted octanol–water partition coefficient (Wildman–Crippen LogP) is 2.80. The molecule has 120 valence electrons. The molecule has 0 saturated heterocycles. The third kappa shape index (κ3) is 4.74. The molecule has 6 nitrogen and oxygen atoms in total. The second-order valence-corrected chi connectivity index (χ2v) is 4.67. The Morgan fingerprint density at radius 1 is 1.09 bits per heavy atom. The summed E-state index contributed by atoms with van der Waals surface area (Å²) in [5.41, 5.74) is 1.04. The zero-order valence-electron chi connectivity index (χ0n) is 12.6. The van der Waals surface area contributed by atoms with Gasteiger partial charge in [0, 0.05) is 5.56 Å². The van der Waals surface area contributed by atoms with Crippen LogP contribution in [0.3, 0.4) is 0 Å². The van der Waals surface area contributed by atoms with Crippen molar-refractivity contribution in [3.63, 3.8) is 0 Å². The third-order valence-electron chi connectivity index (χ3n) is 3.06. The summed E-state index contributed by atoms with van der Waals surface area (Å²) in [5.74, 6) is -0.0982. The van der Waals surface area contributed by atoms with Gasteiger partial charge in [-0.1, -0.05) is 12.1 Å². The van der Waals surface area contributed by atoms with Gasteiger partial charge in [0.1, 0.15) is 11.5 Å². The number of hydrogen-bond donors (Lipinski definition) is 2. The molecule has 0 radical (unpaired) electrons. The predicted molar refractivity (Wildman–Crippen MR) is 85.1 cm³/mol. The van der Waals surface area contributed by atoms with E-state index in [1.54, 1.807) is 42.5 Å². The quantitative estimate of drug-likeness (QED) is 0.820. The van der Waals surface area contributed by atoms with Crippen molar-refractivity contribution in [2.75, 3.05) is 19.0 Å². The summed E-state index contributed by atoms with van der Waals surface area (Å²) < 4.78 is 10.5. The Balaban J connectivity index is 1.98. The molecule has 2 aromatic carbocycles. The van der Waals surface area contributed by atoms with E-state index in [2.05, 4.69) is 5.32 Å². The summed E-state index contributed by atoms with van der Waals surface area (Å²) in [7, 11) is 1.54. The van der Waals surface area contributed by atoms with E-state index < -0.39 is 5.97 Å². The van der Waals surface area contributed by atoms with Crippen molar-refractivity contribution in [1.82, 2.24) is 0 Å². The molecular weight excluding hydrogens is 298 g/mol. The first-order valence-electron chi connectivity index (χ1n) is 6.99. The van der Waals surface area contributed by atoms with Gasteiger partial charge in [-0.2, -0.15) is 0 Å². The highest BCUT2D eigenvalue weighted by atomic mass is 16.5. The average molecular weight is 315 g/mol. The summed E-state index contributed by atoms with van der Waals surface area (Å²) in [6, 6.07) is 13.6. The first-order chi connectivity index (χ1) is 11.1. The second-order valence-electron chi connectivity index (χ2n) is 4.67. The molecule has 0 saturated carbocycles. The molecule has 0 bridgehead atoms. The molecule has 6 heteroatoms. The van der Waals surface area contributed by atoms with Crippen LogP contribution < -0.4 is 14.8 Å². The number of carbonyl (C=O) groups excluding carboxylic acids is 1. The molecule has 0 aromatic heterocycles. The SMILES string of the molecule is COc1ccccc1NC(=O)c1ccc(OCCC(=O)O)cc1. The molecule has 0 aliphatic carbocycles. The van der Waals surface area contributed by atoms with Crippen molar-refractivity contribution < 1.29 is 24.2 Å². The van der Waals surface area contributed by atoms with Gasteiger partial charge in [0.2, 0.25) is 0 Å². The highest BCUT2D eigenvalue weighted by Crippen LogP contribution is 2.24. The highest BCUT2D eigenvalue weighted by Gasteiger charge is 2.09. The van der Waals surface area contributed by atoms with Crippen LogP contribution in [0, 0.1) is 0 Å². The van der Waals surface area contributed by atoms with Gasteiger partial charge in [0.25, 0.3) is 5.91 Å². The van der Waals surface area contributed by atoms with E-state index in [4.69, 9.17) is 14.6 Å². The Hall–Kier alpha value is -3.02. The number of benzene rings is 2. The zero-order chi connectivity index (χ0) is 16.7. The molecule has 2 aromatic rings. The lowest BCUT2D eigenvalue weighted by molar-refractivity contribution is -0.137. The highest BCUT2D eigenvalue weighted by molar-refractivity contribution is 6.05. The van der Waals surface area contributed by atoms with E-state index in [9.17, 15) is 9.59 Å². The van der Waals surface area contributed by atoms with Gasteiger partial charge in [-0.05, 0) is 36.4 Å². The maximum Gasteiger partial charge on any atom is 0.306 e. The summed E-state index contributed by atoms with van der Waals surface area (Å²) in [4.78, 5) is 22.6. The number of ether oxygens (including phenoxy) is 2. The Labute approximate surface area is 133 Å². The number of anilines is 1. The maximum absolute atomic E-state index is 12.2. The van der Waals surface area contributed by atoms with Crippen LogP contribution in [0.15, 0.2) is 48.5 Å². The first kappa shape index (κ1) is 16.4. The summed E-state index contributed by atoms with van der Waals surface area (Å²) in [6.45, 7) is 0.0854. The van der Waals surface area contributed by atoms with Crippen LogP contribution in [-0.2, 0) is 4.79 Å². The van der Waals surface area contributed by atoms with E-state index in [0.717, 1.165) is 0 Å². The molecule has 0 unspecified atom stereocenters. The van der Waals surface area contributed by atoms with E-state index in [-0.39, 0.29) is 18.9 Å². The van der Waals surface area contributed by atoms with Crippen LogP contribution in [0.5, 0.6) is 11.5 Å². The summed E-state index contributed by atoms with van der Waals surface area (Å²) in [6.07, 6.45) is -0.0734. The Bertz CT molecular complexity index is 682. The maximum atomic E-state index is 12.2. The number of carboxylic acid groups (broad SMARTS) is 1. The Morgan fingerprint density at radius 2 is 1.78 bits per heavy atom. The molecule has 0 aliphatic rings. The third-order valence-corrected chi connectivity index (χ3v) is 3.06. The fourth-order valence-electron chi connectivity index (χ4n) is 1.90. The molecule has 0 fully saturated rings. The second kappa shape index (κ2) is 7.84. The largest absolute Gasteiger partial charge is 0.495 e. The molecule has 0 atom stereocenters. The van der Waals surface area contributed by atoms with Crippen LogP contribution in [0.1, 0.15) is 16.8 Å². The lowest BCUT2D eigenvalue weighted by Crippen LogP contribution is -2.12. The number of nitrogens with one attached hydrogen (secondary N) is 1. The van der Waals surface area contributed by atoms with E-state index >= 15 is 0 Å². The number of hydrogen-bond acceptors (Lipinski definition) is 4. The minimum Gasteiger partial charge on any atom is -0.495 e. The number of carboxylic acids is 1. The molecule has 23 heavy (non-hydrogen) atoms. The number of carbonyl (C=O) groups is 2. The zero-order valence-corrected chi connectivity index (χ0v) is 12.6. The van der Waals surface area contributed by atoms with Gasteiger partial charge in [-0.25, -0.2) is 0 Å². The van der Waals surface area contributed by atoms with E-state index in [1.165, 1.54) is 7.11 Å². The number of para-hydroxylation sites is 2. The molecule has 2 rings (SSSR count). The topological polar surface area (TPSA) is 84.9 Å². The van der Waals surface area contributed by atoms with Crippen molar-refractivity contribution >= 4 is 17.6 Å². The standard InChI is InChI=1S/C17H17NO5/c1-22-15-5-3-2-4-14(15)18-17(21)12-6-8-13(9-7-12)23-11-10-16(19)20/h2-9H,10-11H2,1H3,(H,18,21)(H,19,20). The average Bonchev–Trinajstić information content (AvgIpc) is 2.55. The van der Waals surface area contributed by atoms with E-state index in [1.807, 2.05) is 6.07 Å². The van der Waals surface area contributed by atoms with Crippen LogP contribution in [0.4, 0.5) is 5.69 Å². The fourth-order valence-corrected chi connectivity index (χ4v) is 1.90. The van der Waals surface area contributed by atoms with Gasteiger partial charge in [-0.15, -0.1) is 0 Å². The minimum atomic E-state index is -0.919. The van der Waals surface area contributed by atoms with Crippen LogP contribution >= 0.6 is 0 Å². The number of methoxy groups -OCH3 is 1. The molecular formula is C17H17NO5. The molecule has 0 spiro atoms. The minimum absolute atomic E-state index is 0.0734. The monoisotopic (exact) mass is 315 g/mol. The molecule has 1 amide bonds. The first-order valence-corrected chi connectivity index (χ1v) is 6.99. The smallest absolute Gasteiger partial charge is 0.306 e. The van der Waals surface area contributed by atoms with Gasteiger partial charge in [0.05, 0.1) is 25.8 Å². The van der Waals surface area contributed by atoms with Crippen LogP contribution in [0.2, 0.25) is 0 Å². The normalized spacial score (nSPS) is 9.96. The lowest BCUT2D eigenvalue weighted by Gasteiger charge is -2.10. The van der Waals surface area contributed by atoms with Gasteiger partial charge in [-0.3, -0.25) is 9.59 Å². The van der Waals surface area contributed by atoms with Crippen molar-refractivity contribution in [2.24, 2.45) is 0 Å². The van der Waals surface area contributed by atoms with E-state index in [0.29, 0.717) is 22.7 Å². The summed E-state index contributed by atoms with van der Waals surface area (Å²) in [5, 5.41) is 11.3. The lowest BCUT2D eigenvalue weighted by atomic mass is 10.2. The Morgan fingerprint density at radius 3 is 2.43 bits per heavy atom. The van der Waals surface area contributed by atoms with Crippen molar-refractivity contribution in [3.05, 3.63) is 54.1 Å². The van der Waals surface area contributed by atoms with Crippen LogP contribution in [-0.4, -0.2) is 30.7 Å². The van der Waals surface area contributed by atoms with Crippen molar-refractivity contribution in [1.29, 1.82) is 0 Å². The van der Waals surface area contributed by atoms with Gasteiger partial charge < -0.3 is 19.9 Å². The number of aliphatic carboxylic acids is 1. The number of rotatable bonds is 7. The molecule has 0 aliphatic heterocycles. The van der Waals surface area contributed by atoms with Gasteiger partial charge >= 0.3 is 5.97 Å². The van der Waals surface area contributed by atoms with Gasteiger partial charge in [0.15, 0.2) is 0 Å². The van der Waals surface area contributed by atoms with Crippen LogP contribution in [0.25, 0.3) is 0 Å². The number of amides is 1. The van der Waals surface area contributed by atoms with Crippen molar-refractivity contribution in [2.45, 2.75) is 6.42 Å². The fraction of sp³-hybridized carbons (Fsp3) is 0.176. The Kier molecular flexibility index (Phi) is 5.57.